The number of nitrogens with zero attached hydrogens (tertiary/aromatic N) is 3. The molecule has 2 amide bonds. The minimum Gasteiger partial charge on any atom is -0.463 e. The van der Waals surface area contributed by atoms with Crippen molar-refractivity contribution in [3.05, 3.63) is 42.4 Å². The Hall–Kier alpha value is -2.74. The highest BCUT2D eigenvalue weighted by Crippen LogP contribution is 2.20. The summed E-state index contributed by atoms with van der Waals surface area (Å²) in [5.41, 5.74) is 4.32. The van der Waals surface area contributed by atoms with Crippen molar-refractivity contribution in [2.24, 2.45) is 5.10 Å². The number of hydrazone groups is 1. The Kier molecular flexibility index (Phi) is 3.38. The quantitative estimate of drug-likeness (QED) is 0.571. The number of urea groups is 1. The second-order valence-corrected chi connectivity index (χ2v) is 4.31. The third-order valence-corrected chi connectivity index (χ3v) is 2.98. The zero-order chi connectivity index (χ0) is 13.8. The van der Waals surface area contributed by atoms with E-state index in [2.05, 4.69) is 24.6 Å². The smallest absolute Gasteiger partial charge is 0.339 e. The standard InChI is InChI=1S/C12H9N5O2S/c18-12(15-13-7-8-3-2-6-19-8)14-9-4-1-5-10-11(9)17-20-16-10/h1-7H,(H2,14,15,18). The van der Waals surface area contributed by atoms with Crippen LogP contribution >= 0.6 is 11.7 Å². The molecule has 0 radical (unpaired) electrons. The van der Waals surface area contributed by atoms with Crippen LogP contribution in [0.4, 0.5) is 10.5 Å². The SMILES string of the molecule is O=C(NN=Cc1ccco1)Nc1cccc2nsnc12. The van der Waals surface area contributed by atoms with E-state index in [1.165, 1.54) is 12.5 Å². The fourth-order valence-corrected chi connectivity index (χ4v) is 2.13. The van der Waals surface area contributed by atoms with Crippen LogP contribution in [0.3, 0.4) is 0 Å². The Morgan fingerprint density at radius 1 is 1.30 bits per heavy atom. The molecule has 2 aromatic heterocycles. The molecule has 7 nitrogen and oxygen atoms in total. The molecule has 0 spiro atoms. The number of carbonyl (C=O) groups is 1. The van der Waals surface area contributed by atoms with Crippen molar-refractivity contribution in [1.82, 2.24) is 14.2 Å². The number of fused-ring (bicyclic) bond motifs is 1. The van der Waals surface area contributed by atoms with Crippen LogP contribution in [0, 0.1) is 0 Å². The van der Waals surface area contributed by atoms with E-state index in [4.69, 9.17) is 4.42 Å². The van der Waals surface area contributed by atoms with Crippen LogP contribution in [0.5, 0.6) is 0 Å². The van der Waals surface area contributed by atoms with Crippen molar-refractivity contribution in [2.75, 3.05) is 5.32 Å². The molecule has 0 aliphatic heterocycles. The van der Waals surface area contributed by atoms with Gasteiger partial charge in [0.1, 0.15) is 16.8 Å². The summed E-state index contributed by atoms with van der Waals surface area (Å²) in [5.74, 6) is 0.552. The van der Waals surface area contributed by atoms with Gasteiger partial charge in [0.05, 0.1) is 29.9 Å². The van der Waals surface area contributed by atoms with E-state index in [-0.39, 0.29) is 0 Å². The minimum atomic E-state index is -0.465. The second-order valence-electron chi connectivity index (χ2n) is 3.78. The predicted molar refractivity (Wildman–Crippen MR) is 75.9 cm³/mol. The Balaban J connectivity index is 1.65. The Morgan fingerprint density at radius 2 is 2.25 bits per heavy atom. The number of furan rings is 1. The first-order chi connectivity index (χ1) is 9.83. The lowest BCUT2D eigenvalue weighted by atomic mass is 10.2. The van der Waals surface area contributed by atoms with Crippen molar-refractivity contribution in [3.8, 4) is 0 Å². The molecule has 0 fully saturated rings. The number of nitrogens with one attached hydrogen (secondary N) is 2. The monoisotopic (exact) mass is 287 g/mol. The summed E-state index contributed by atoms with van der Waals surface area (Å²) in [4.78, 5) is 11.7. The van der Waals surface area contributed by atoms with Crippen molar-refractivity contribution in [2.45, 2.75) is 0 Å². The molecule has 20 heavy (non-hydrogen) atoms. The molecule has 100 valence electrons. The van der Waals surface area contributed by atoms with Gasteiger partial charge in [0, 0.05) is 0 Å². The molecule has 0 atom stereocenters. The summed E-state index contributed by atoms with van der Waals surface area (Å²) in [6.45, 7) is 0. The van der Waals surface area contributed by atoms with Crippen LogP contribution in [-0.2, 0) is 0 Å². The van der Waals surface area contributed by atoms with Gasteiger partial charge < -0.3 is 9.73 Å². The van der Waals surface area contributed by atoms with E-state index in [0.717, 1.165) is 17.2 Å². The molecule has 0 saturated carbocycles. The molecule has 0 aliphatic rings. The lowest BCUT2D eigenvalue weighted by Gasteiger charge is -2.03. The maximum atomic E-state index is 11.7. The van der Waals surface area contributed by atoms with Crippen LogP contribution < -0.4 is 10.7 Å². The molecular formula is C12H9N5O2S. The molecule has 8 heteroatoms. The van der Waals surface area contributed by atoms with Gasteiger partial charge in [0.25, 0.3) is 0 Å². The van der Waals surface area contributed by atoms with Gasteiger partial charge >= 0.3 is 6.03 Å². The van der Waals surface area contributed by atoms with E-state index in [1.807, 2.05) is 6.07 Å². The van der Waals surface area contributed by atoms with Gasteiger partial charge in [0.15, 0.2) is 0 Å². The number of benzene rings is 1. The first-order valence-electron chi connectivity index (χ1n) is 5.68. The van der Waals surface area contributed by atoms with Crippen molar-refractivity contribution in [1.29, 1.82) is 0 Å². The van der Waals surface area contributed by atoms with E-state index in [1.54, 1.807) is 24.3 Å². The van der Waals surface area contributed by atoms with E-state index >= 15 is 0 Å². The largest absolute Gasteiger partial charge is 0.463 e. The Bertz CT molecular complexity index is 750. The van der Waals surface area contributed by atoms with Crippen molar-refractivity contribution in [3.63, 3.8) is 0 Å². The molecule has 0 bridgehead atoms. The number of hydrogen-bond acceptors (Lipinski definition) is 6. The molecule has 0 saturated heterocycles. The molecule has 0 unspecified atom stereocenters. The van der Waals surface area contributed by atoms with Crippen molar-refractivity contribution < 1.29 is 9.21 Å². The number of carbonyl (C=O) groups excluding carboxylic acids is 1. The van der Waals surface area contributed by atoms with Crippen LogP contribution in [0.1, 0.15) is 5.76 Å². The van der Waals surface area contributed by atoms with Gasteiger partial charge in [-0.2, -0.15) is 13.8 Å². The summed E-state index contributed by atoms with van der Waals surface area (Å²) >= 11 is 1.10. The number of anilines is 1. The normalized spacial score (nSPS) is 11.0. The zero-order valence-corrected chi connectivity index (χ0v) is 10.9. The van der Waals surface area contributed by atoms with E-state index < -0.39 is 6.03 Å². The molecule has 3 aromatic rings. The fourth-order valence-electron chi connectivity index (χ4n) is 1.58. The second kappa shape index (κ2) is 5.49. The third-order valence-electron chi connectivity index (χ3n) is 2.44. The van der Waals surface area contributed by atoms with Crippen LogP contribution in [0.25, 0.3) is 11.0 Å². The summed E-state index contributed by atoms with van der Waals surface area (Å²) in [6, 6.07) is 8.37. The van der Waals surface area contributed by atoms with Crippen LogP contribution in [-0.4, -0.2) is 21.0 Å². The fraction of sp³-hybridized carbons (Fsp3) is 0. The average molecular weight is 287 g/mol. The first-order valence-corrected chi connectivity index (χ1v) is 6.41. The maximum absolute atomic E-state index is 11.7. The van der Waals surface area contributed by atoms with Crippen LogP contribution in [0.2, 0.25) is 0 Å². The number of amides is 2. The lowest BCUT2D eigenvalue weighted by Crippen LogP contribution is -2.24. The van der Waals surface area contributed by atoms with E-state index in [0.29, 0.717) is 17.0 Å². The molecule has 2 N–H and O–H groups in total. The molecule has 1 aromatic carbocycles. The summed E-state index contributed by atoms with van der Waals surface area (Å²) < 4.78 is 13.3. The zero-order valence-electron chi connectivity index (χ0n) is 10.1. The van der Waals surface area contributed by atoms with Gasteiger partial charge in [-0.3, -0.25) is 0 Å². The predicted octanol–water partition coefficient (Wildman–Crippen LogP) is 2.44. The highest BCUT2D eigenvalue weighted by Gasteiger charge is 2.07. The van der Waals surface area contributed by atoms with Crippen LogP contribution in [0.15, 0.2) is 46.1 Å². The van der Waals surface area contributed by atoms with Gasteiger partial charge in [-0.15, -0.1) is 0 Å². The highest BCUT2D eigenvalue weighted by molar-refractivity contribution is 7.00. The topological polar surface area (TPSA) is 92.4 Å². The number of rotatable bonds is 3. The van der Waals surface area contributed by atoms with Gasteiger partial charge in [-0.1, -0.05) is 6.07 Å². The van der Waals surface area contributed by atoms with Gasteiger partial charge in [-0.05, 0) is 24.3 Å². The maximum Gasteiger partial charge on any atom is 0.339 e. The van der Waals surface area contributed by atoms with Gasteiger partial charge in [-0.25, -0.2) is 10.2 Å². The highest BCUT2D eigenvalue weighted by atomic mass is 32.1. The van der Waals surface area contributed by atoms with Crippen molar-refractivity contribution >= 4 is 40.7 Å². The number of aromatic nitrogens is 2. The first kappa shape index (κ1) is 12.3. The molecule has 2 heterocycles. The minimum absolute atomic E-state index is 0.465. The Morgan fingerprint density at radius 3 is 3.10 bits per heavy atom. The average Bonchev–Trinajstić information content (AvgIpc) is 3.09. The lowest BCUT2D eigenvalue weighted by molar-refractivity contribution is 0.252. The summed E-state index contributed by atoms with van der Waals surface area (Å²) in [7, 11) is 0. The van der Waals surface area contributed by atoms with E-state index in [9.17, 15) is 4.79 Å². The molecular weight excluding hydrogens is 278 g/mol. The third kappa shape index (κ3) is 2.64. The molecule has 0 aliphatic carbocycles. The number of hydrogen-bond donors (Lipinski definition) is 2. The molecule has 3 rings (SSSR count). The summed E-state index contributed by atoms with van der Waals surface area (Å²) in [5, 5.41) is 6.42. The summed E-state index contributed by atoms with van der Waals surface area (Å²) in [6.07, 6.45) is 2.93. The van der Waals surface area contributed by atoms with Gasteiger partial charge in [0.2, 0.25) is 0 Å². The Labute approximate surface area is 117 Å².